The van der Waals surface area contributed by atoms with E-state index in [4.69, 9.17) is 9.84 Å². The first-order chi connectivity index (χ1) is 9.76. The van der Waals surface area contributed by atoms with Crippen LogP contribution in [0.15, 0.2) is 18.2 Å². The van der Waals surface area contributed by atoms with Gasteiger partial charge in [-0.15, -0.1) is 0 Å². The number of carboxylic acids is 1. The van der Waals surface area contributed by atoms with Crippen molar-refractivity contribution < 1.29 is 28.0 Å². The van der Waals surface area contributed by atoms with Crippen LogP contribution in [0.1, 0.15) is 23.7 Å². The number of nitro groups is 1. The lowest BCUT2D eigenvalue weighted by molar-refractivity contribution is -0.384. The van der Waals surface area contributed by atoms with Crippen LogP contribution in [0.4, 0.5) is 5.69 Å². The summed E-state index contributed by atoms with van der Waals surface area (Å²) in [4.78, 5) is 20.9. The zero-order chi connectivity index (χ0) is 16.0. The highest BCUT2D eigenvalue weighted by Crippen LogP contribution is 2.24. The van der Waals surface area contributed by atoms with Gasteiger partial charge in [0.2, 0.25) is 0 Å². The van der Waals surface area contributed by atoms with Crippen LogP contribution in [0.5, 0.6) is 5.75 Å². The van der Waals surface area contributed by atoms with Gasteiger partial charge in [-0.05, 0) is 12.5 Å². The second-order valence-corrected chi connectivity index (χ2v) is 6.55. The number of carboxylic acid groups (broad SMARTS) is 1. The molecule has 0 bridgehead atoms. The Bertz CT molecular complexity index is 639. The second-order valence-electron chi connectivity index (χ2n) is 4.24. The Morgan fingerprint density at radius 2 is 2.05 bits per heavy atom. The highest BCUT2D eigenvalue weighted by Gasteiger charge is 2.18. The number of hydrogen-bond acceptors (Lipinski definition) is 6. The second kappa shape index (κ2) is 7.02. The summed E-state index contributed by atoms with van der Waals surface area (Å²) in [7, 11) is -3.24. The Kier molecular flexibility index (Phi) is 5.65. The number of nitrogens with zero attached hydrogens (tertiary/aromatic N) is 1. The lowest BCUT2D eigenvalue weighted by Gasteiger charge is -2.09. The van der Waals surface area contributed by atoms with E-state index in [0.717, 1.165) is 18.2 Å². The van der Waals surface area contributed by atoms with Crippen molar-refractivity contribution >= 4 is 21.5 Å². The number of rotatable bonds is 8. The minimum atomic E-state index is -3.24. The van der Waals surface area contributed by atoms with Gasteiger partial charge in [0.1, 0.15) is 17.9 Å². The number of benzene rings is 1. The third kappa shape index (κ3) is 5.03. The minimum Gasteiger partial charge on any atom is -0.492 e. The van der Waals surface area contributed by atoms with Crippen molar-refractivity contribution in [1.82, 2.24) is 0 Å². The first-order valence-electron chi connectivity index (χ1n) is 6.12. The summed E-state index contributed by atoms with van der Waals surface area (Å²) in [6, 6.07) is 3.12. The first kappa shape index (κ1) is 16.9. The molecule has 0 spiro atoms. The Labute approximate surface area is 121 Å². The predicted molar refractivity (Wildman–Crippen MR) is 74.5 cm³/mol. The molecule has 0 aromatic heterocycles. The summed E-state index contributed by atoms with van der Waals surface area (Å²) in [5, 5.41) is 19.6. The molecule has 1 aromatic carbocycles. The quantitative estimate of drug-likeness (QED) is 0.569. The van der Waals surface area contributed by atoms with E-state index in [9.17, 15) is 23.3 Å². The van der Waals surface area contributed by atoms with E-state index < -0.39 is 20.7 Å². The van der Waals surface area contributed by atoms with Crippen LogP contribution in [0.3, 0.4) is 0 Å². The molecule has 1 rings (SSSR count). The van der Waals surface area contributed by atoms with Crippen LogP contribution in [-0.4, -0.2) is 42.5 Å². The van der Waals surface area contributed by atoms with Gasteiger partial charge in [-0.3, -0.25) is 10.1 Å². The van der Waals surface area contributed by atoms with E-state index in [-0.39, 0.29) is 35.1 Å². The summed E-state index contributed by atoms with van der Waals surface area (Å²) < 4.78 is 28.1. The van der Waals surface area contributed by atoms with E-state index in [1.54, 1.807) is 6.92 Å². The number of aromatic carboxylic acids is 1. The van der Waals surface area contributed by atoms with Gasteiger partial charge < -0.3 is 9.84 Å². The van der Waals surface area contributed by atoms with Crippen molar-refractivity contribution in [2.75, 3.05) is 18.1 Å². The lowest BCUT2D eigenvalue weighted by atomic mass is 10.2. The highest BCUT2D eigenvalue weighted by molar-refractivity contribution is 7.91. The van der Waals surface area contributed by atoms with E-state index in [1.807, 2.05) is 0 Å². The summed E-state index contributed by atoms with van der Waals surface area (Å²) in [6.45, 7) is 1.53. The maximum atomic E-state index is 11.5. The van der Waals surface area contributed by atoms with Crippen molar-refractivity contribution in [3.63, 3.8) is 0 Å². The molecule has 0 atom stereocenters. The zero-order valence-electron chi connectivity index (χ0n) is 11.3. The molecule has 0 amide bonds. The van der Waals surface area contributed by atoms with Gasteiger partial charge in [0.05, 0.1) is 16.4 Å². The molecule has 1 aromatic rings. The third-order valence-corrected chi connectivity index (χ3v) is 4.39. The van der Waals surface area contributed by atoms with Gasteiger partial charge >= 0.3 is 5.97 Å². The smallest absolute Gasteiger partial charge is 0.339 e. The predicted octanol–water partition coefficient (Wildman–Crippen LogP) is 1.50. The SMILES string of the molecule is CCCS(=O)(=O)CCOc1ccc([N+](=O)[O-])cc1C(=O)O. The Morgan fingerprint density at radius 3 is 2.57 bits per heavy atom. The molecule has 0 saturated heterocycles. The van der Waals surface area contributed by atoms with Gasteiger partial charge in [0.15, 0.2) is 9.84 Å². The molecule has 0 saturated carbocycles. The first-order valence-corrected chi connectivity index (χ1v) is 7.94. The van der Waals surface area contributed by atoms with Crippen LogP contribution in [0.2, 0.25) is 0 Å². The Morgan fingerprint density at radius 1 is 1.38 bits per heavy atom. The molecule has 1 N–H and O–H groups in total. The molecule has 0 unspecified atom stereocenters. The van der Waals surface area contributed by atoms with Gasteiger partial charge in [0, 0.05) is 12.1 Å². The zero-order valence-corrected chi connectivity index (χ0v) is 12.1. The van der Waals surface area contributed by atoms with Gasteiger partial charge in [-0.2, -0.15) is 0 Å². The fraction of sp³-hybridized carbons (Fsp3) is 0.417. The molecular formula is C12H15NO7S. The average molecular weight is 317 g/mol. The number of ether oxygens (including phenoxy) is 1. The Balaban J connectivity index is 2.84. The molecule has 0 aliphatic rings. The molecular weight excluding hydrogens is 302 g/mol. The van der Waals surface area contributed by atoms with Crippen molar-refractivity contribution in [1.29, 1.82) is 0 Å². The monoisotopic (exact) mass is 317 g/mol. The van der Waals surface area contributed by atoms with Crippen molar-refractivity contribution in [3.8, 4) is 5.75 Å². The summed E-state index contributed by atoms with van der Waals surface area (Å²) in [5.41, 5.74) is -0.754. The van der Waals surface area contributed by atoms with Gasteiger partial charge in [-0.25, -0.2) is 13.2 Å². The number of nitro benzene ring substituents is 1. The fourth-order valence-corrected chi connectivity index (χ4v) is 2.78. The van der Waals surface area contributed by atoms with Crippen LogP contribution in [-0.2, 0) is 9.84 Å². The van der Waals surface area contributed by atoms with Crippen LogP contribution < -0.4 is 4.74 Å². The number of hydrogen-bond donors (Lipinski definition) is 1. The lowest BCUT2D eigenvalue weighted by Crippen LogP contribution is -2.17. The van der Waals surface area contributed by atoms with Crippen LogP contribution >= 0.6 is 0 Å². The molecule has 0 radical (unpaired) electrons. The van der Waals surface area contributed by atoms with E-state index in [2.05, 4.69) is 0 Å². The molecule has 9 heteroatoms. The van der Waals surface area contributed by atoms with Gasteiger partial charge in [0.25, 0.3) is 5.69 Å². The maximum absolute atomic E-state index is 11.5. The highest BCUT2D eigenvalue weighted by atomic mass is 32.2. The largest absolute Gasteiger partial charge is 0.492 e. The topological polar surface area (TPSA) is 124 Å². The molecule has 0 fully saturated rings. The number of carbonyl (C=O) groups is 1. The summed E-state index contributed by atoms with van der Waals surface area (Å²) in [6.07, 6.45) is 0.486. The summed E-state index contributed by atoms with van der Waals surface area (Å²) in [5.74, 6) is -1.69. The van der Waals surface area contributed by atoms with Crippen molar-refractivity contribution in [2.45, 2.75) is 13.3 Å². The molecule has 8 nitrogen and oxygen atoms in total. The van der Waals surface area contributed by atoms with Gasteiger partial charge in [-0.1, -0.05) is 6.92 Å². The number of non-ortho nitro benzene ring substituents is 1. The maximum Gasteiger partial charge on any atom is 0.339 e. The molecule has 116 valence electrons. The van der Waals surface area contributed by atoms with E-state index >= 15 is 0 Å². The van der Waals surface area contributed by atoms with Crippen molar-refractivity contribution in [2.24, 2.45) is 0 Å². The van der Waals surface area contributed by atoms with E-state index in [1.165, 1.54) is 0 Å². The molecule has 0 aliphatic carbocycles. The minimum absolute atomic E-state index is 0.0302. The average Bonchev–Trinajstić information content (AvgIpc) is 2.38. The number of sulfone groups is 1. The van der Waals surface area contributed by atoms with E-state index in [0.29, 0.717) is 6.42 Å². The molecule has 0 heterocycles. The van der Waals surface area contributed by atoms with Crippen LogP contribution in [0.25, 0.3) is 0 Å². The van der Waals surface area contributed by atoms with Crippen molar-refractivity contribution in [3.05, 3.63) is 33.9 Å². The fourth-order valence-electron chi connectivity index (χ4n) is 1.62. The Hall–Kier alpha value is -2.16. The molecule has 0 aliphatic heterocycles. The van der Waals surface area contributed by atoms with Crippen LogP contribution in [0, 0.1) is 10.1 Å². The third-order valence-electron chi connectivity index (χ3n) is 2.57. The normalized spacial score (nSPS) is 11.1. The summed E-state index contributed by atoms with van der Waals surface area (Å²) >= 11 is 0. The molecule has 21 heavy (non-hydrogen) atoms. The standard InChI is InChI=1S/C12H15NO7S/c1-2-6-21(18,19)7-5-20-11-4-3-9(13(16)17)8-10(11)12(14)15/h3-4,8H,2,5-7H2,1H3,(H,14,15).